The highest BCUT2D eigenvalue weighted by Gasteiger charge is 2.14. The van der Waals surface area contributed by atoms with E-state index >= 15 is 0 Å². The molecule has 66 valence electrons. The first-order chi connectivity index (χ1) is 6.27. The van der Waals surface area contributed by atoms with Crippen LogP contribution in [0.2, 0.25) is 0 Å². The smallest absolute Gasteiger partial charge is 0.333 e. The van der Waals surface area contributed by atoms with E-state index in [1.165, 1.54) is 6.20 Å². The van der Waals surface area contributed by atoms with E-state index in [9.17, 15) is 4.79 Å². The van der Waals surface area contributed by atoms with Crippen LogP contribution in [0.1, 0.15) is 5.56 Å². The van der Waals surface area contributed by atoms with Crippen LogP contribution in [0.25, 0.3) is 0 Å². The molecule has 13 heavy (non-hydrogen) atoms. The molecule has 0 bridgehead atoms. The maximum absolute atomic E-state index is 10.6. The Morgan fingerprint density at radius 1 is 1.62 bits per heavy atom. The van der Waals surface area contributed by atoms with Gasteiger partial charge in [0.1, 0.15) is 0 Å². The van der Waals surface area contributed by atoms with E-state index in [4.69, 9.17) is 5.11 Å². The second-order valence-corrected chi connectivity index (χ2v) is 2.83. The molecule has 1 aromatic rings. The molecule has 0 atom stereocenters. The summed E-state index contributed by atoms with van der Waals surface area (Å²) >= 11 is 0. The van der Waals surface area contributed by atoms with Gasteiger partial charge in [-0.3, -0.25) is 4.98 Å². The van der Waals surface area contributed by atoms with Crippen molar-refractivity contribution >= 4 is 11.7 Å². The van der Waals surface area contributed by atoms with Crippen LogP contribution in [0.5, 0.6) is 0 Å². The molecule has 1 aliphatic rings. The summed E-state index contributed by atoms with van der Waals surface area (Å²) in [4.78, 5) is 14.6. The zero-order valence-electron chi connectivity index (χ0n) is 6.82. The fourth-order valence-corrected chi connectivity index (χ4v) is 1.27. The molecule has 0 fully saturated rings. The Morgan fingerprint density at radius 3 is 3.23 bits per heavy atom. The van der Waals surface area contributed by atoms with Crippen LogP contribution in [-0.2, 0) is 11.2 Å². The third-order valence-electron chi connectivity index (χ3n) is 1.96. The summed E-state index contributed by atoms with van der Waals surface area (Å²) in [6.45, 7) is 0. The van der Waals surface area contributed by atoms with Crippen molar-refractivity contribution in [2.75, 3.05) is 5.32 Å². The van der Waals surface area contributed by atoms with E-state index in [2.05, 4.69) is 10.3 Å². The van der Waals surface area contributed by atoms with E-state index in [1.54, 1.807) is 12.4 Å². The Hall–Kier alpha value is -1.84. The van der Waals surface area contributed by atoms with Crippen LogP contribution in [0, 0.1) is 0 Å². The lowest BCUT2D eigenvalue weighted by Crippen LogP contribution is -2.12. The number of carbonyl (C=O) groups is 1. The Morgan fingerprint density at radius 2 is 2.46 bits per heavy atom. The van der Waals surface area contributed by atoms with E-state index in [0.717, 1.165) is 11.3 Å². The van der Waals surface area contributed by atoms with Crippen LogP contribution >= 0.6 is 0 Å². The minimum Gasteiger partial charge on any atom is -0.478 e. The topological polar surface area (TPSA) is 62.2 Å². The van der Waals surface area contributed by atoms with E-state index in [0.29, 0.717) is 12.0 Å². The zero-order valence-corrected chi connectivity index (χ0v) is 6.82. The summed E-state index contributed by atoms with van der Waals surface area (Å²) in [7, 11) is 0. The van der Waals surface area contributed by atoms with Crippen molar-refractivity contribution in [3.8, 4) is 0 Å². The van der Waals surface area contributed by atoms with Crippen molar-refractivity contribution in [3.05, 3.63) is 35.8 Å². The number of aliphatic carboxylic acids is 1. The molecule has 1 aromatic heterocycles. The van der Waals surface area contributed by atoms with Crippen molar-refractivity contribution in [1.82, 2.24) is 4.98 Å². The Bertz CT molecular complexity index is 385. The number of rotatable bonds is 1. The fraction of sp³-hybridized carbons (Fsp3) is 0.111. The number of aromatic nitrogens is 1. The number of pyridine rings is 1. The maximum atomic E-state index is 10.6. The SMILES string of the molecule is O=C(O)C1=CNc2ccncc2C1. The number of anilines is 1. The summed E-state index contributed by atoms with van der Waals surface area (Å²) in [5.74, 6) is -0.887. The van der Waals surface area contributed by atoms with Crippen LogP contribution in [0.4, 0.5) is 5.69 Å². The van der Waals surface area contributed by atoms with Gasteiger partial charge in [-0.1, -0.05) is 0 Å². The second-order valence-electron chi connectivity index (χ2n) is 2.83. The van der Waals surface area contributed by atoms with Gasteiger partial charge in [-0.2, -0.15) is 0 Å². The molecule has 0 amide bonds. The maximum Gasteiger partial charge on any atom is 0.333 e. The summed E-state index contributed by atoms with van der Waals surface area (Å²) in [6.07, 6.45) is 5.31. The molecule has 2 heterocycles. The second kappa shape index (κ2) is 2.90. The van der Waals surface area contributed by atoms with E-state index in [-0.39, 0.29) is 0 Å². The molecule has 0 aliphatic carbocycles. The minimum absolute atomic E-state index is 0.362. The third-order valence-corrected chi connectivity index (χ3v) is 1.96. The molecule has 0 saturated heterocycles. The highest BCUT2D eigenvalue weighted by molar-refractivity contribution is 5.89. The molecular weight excluding hydrogens is 168 g/mol. The summed E-state index contributed by atoms with van der Waals surface area (Å²) in [5.41, 5.74) is 2.21. The first-order valence-corrected chi connectivity index (χ1v) is 3.89. The lowest BCUT2D eigenvalue weighted by molar-refractivity contribution is -0.132. The largest absolute Gasteiger partial charge is 0.478 e. The van der Waals surface area contributed by atoms with Gasteiger partial charge < -0.3 is 10.4 Å². The van der Waals surface area contributed by atoms with Crippen molar-refractivity contribution in [2.24, 2.45) is 0 Å². The zero-order chi connectivity index (χ0) is 9.26. The van der Waals surface area contributed by atoms with Gasteiger partial charge in [-0.05, 0) is 11.6 Å². The number of carboxylic acids is 1. The summed E-state index contributed by atoms with van der Waals surface area (Å²) in [5, 5.41) is 11.6. The van der Waals surface area contributed by atoms with Crippen molar-refractivity contribution in [1.29, 1.82) is 0 Å². The Labute approximate surface area is 74.9 Å². The highest BCUT2D eigenvalue weighted by atomic mass is 16.4. The molecule has 0 radical (unpaired) electrons. The van der Waals surface area contributed by atoms with Crippen molar-refractivity contribution in [2.45, 2.75) is 6.42 Å². The van der Waals surface area contributed by atoms with Gasteiger partial charge in [0.25, 0.3) is 0 Å². The minimum atomic E-state index is -0.887. The Kier molecular flexibility index (Phi) is 1.73. The fourth-order valence-electron chi connectivity index (χ4n) is 1.27. The molecule has 0 spiro atoms. The quantitative estimate of drug-likeness (QED) is 0.670. The summed E-state index contributed by atoms with van der Waals surface area (Å²) in [6, 6.07) is 1.82. The van der Waals surface area contributed by atoms with Gasteiger partial charge in [0.15, 0.2) is 0 Å². The highest BCUT2D eigenvalue weighted by Crippen LogP contribution is 2.22. The summed E-state index contributed by atoms with van der Waals surface area (Å²) < 4.78 is 0. The molecule has 2 rings (SSSR count). The normalized spacial score (nSPS) is 14.0. The number of fused-ring (bicyclic) bond motifs is 1. The van der Waals surface area contributed by atoms with Crippen molar-refractivity contribution < 1.29 is 9.90 Å². The van der Waals surface area contributed by atoms with E-state index < -0.39 is 5.97 Å². The third kappa shape index (κ3) is 1.38. The molecule has 4 nitrogen and oxygen atoms in total. The number of nitrogens with one attached hydrogen (secondary N) is 1. The molecule has 4 heteroatoms. The first-order valence-electron chi connectivity index (χ1n) is 3.89. The van der Waals surface area contributed by atoms with Gasteiger partial charge >= 0.3 is 5.97 Å². The van der Waals surface area contributed by atoms with Crippen LogP contribution in [0.3, 0.4) is 0 Å². The molecule has 0 aromatic carbocycles. The van der Waals surface area contributed by atoms with E-state index in [1.807, 2.05) is 6.07 Å². The molecule has 2 N–H and O–H groups in total. The van der Waals surface area contributed by atoms with Gasteiger partial charge in [-0.15, -0.1) is 0 Å². The predicted octanol–water partition coefficient (Wildman–Crippen LogP) is 1.02. The van der Waals surface area contributed by atoms with Gasteiger partial charge in [-0.25, -0.2) is 4.79 Å². The van der Waals surface area contributed by atoms with Gasteiger partial charge in [0, 0.05) is 30.7 Å². The lowest BCUT2D eigenvalue weighted by atomic mass is 10.0. The number of hydrogen-bond donors (Lipinski definition) is 2. The number of hydrogen-bond acceptors (Lipinski definition) is 3. The molecular formula is C9H8N2O2. The number of carboxylic acid groups (broad SMARTS) is 1. The molecule has 1 aliphatic heterocycles. The van der Waals surface area contributed by atoms with Crippen LogP contribution in [0.15, 0.2) is 30.2 Å². The first kappa shape index (κ1) is 7.79. The Balaban J connectivity index is 2.33. The molecule has 0 saturated carbocycles. The van der Waals surface area contributed by atoms with Gasteiger partial charge in [0.2, 0.25) is 0 Å². The number of nitrogens with zero attached hydrogens (tertiary/aromatic N) is 1. The molecule has 0 unspecified atom stereocenters. The van der Waals surface area contributed by atoms with Crippen LogP contribution < -0.4 is 5.32 Å². The standard InChI is InChI=1S/C9H8N2O2/c12-9(13)7-3-6-4-10-2-1-8(6)11-5-7/h1-2,4-5,11H,3H2,(H,12,13). The average molecular weight is 176 g/mol. The van der Waals surface area contributed by atoms with Gasteiger partial charge in [0.05, 0.1) is 5.57 Å². The lowest BCUT2D eigenvalue weighted by Gasteiger charge is -2.14. The monoisotopic (exact) mass is 176 g/mol. The van der Waals surface area contributed by atoms with Crippen LogP contribution in [-0.4, -0.2) is 16.1 Å². The van der Waals surface area contributed by atoms with Crippen molar-refractivity contribution in [3.63, 3.8) is 0 Å². The predicted molar refractivity (Wildman–Crippen MR) is 47.3 cm³/mol. The average Bonchev–Trinajstić information content (AvgIpc) is 2.17.